The number of rotatable bonds is 4. The Balaban J connectivity index is 2.08. The number of hydrogen-bond acceptors (Lipinski definition) is 4. The van der Waals surface area contributed by atoms with Crippen LogP contribution in [-0.2, 0) is 6.54 Å². The van der Waals surface area contributed by atoms with Crippen molar-refractivity contribution in [3.8, 4) is 0 Å². The molecule has 2 aromatic rings. The fraction of sp³-hybridized carbons (Fsp3) is 0.182. The Morgan fingerprint density at radius 2 is 2.33 bits per heavy atom. The Morgan fingerprint density at radius 1 is 1.50 bits per heavy atom. The minimum Gasteiger partial charge on any atom is -0.373 e. The van der Waals surface area contributed by atoms with Crippen LogP contribution in [0.5, 0.6) is 0 Å². The molecule has 0 atom stereocenters. The summed E-state index contributed by atoms with van der Waals surface area (Å²) < 4.78 is 0. The van der Waals surface area contributed by atoms with Gasteiger partial charge in [0.25, 0.3) is 5.91 Å². The van der Waals surface area contributed by atoms with E-state index in [1.807, 2.05) is 0 Å². The number of aromatic amines is 1. The van der Waals surface area contributed by atoms with Crippen molar-refractivity contribution < 1.29 is 4.79 Å². The maximum Gasteiger partial charge on any atom is 0.271 e. The molecule has 0 saturated carbocycles. The van der Waals surface area contributed by atoms with E-state index in [1.54, 1.807) is 31.6 Å². The van der Waals surface area contributed by atoms with Gasteiger partial charge in [0.05, 0.1) is 11.2 Å². The number of pyridine rings is 1. The zero-order valence-electron chi connectivity index (χ0n) is 9.70. The molecule has 7 heteroatoms. The van der Waals surface area contributed by atoms with Gasteiger partial charge in [-0.15, -0.1) is 0 Å². The van der Waals surface area contributed by atoms with Gasteiger partial charge in [-0.3, -0.25) is 9.89 Å². The third-order valence-electron chi connectivity index (χ3n) is 2.33. The number of aromatic nitrogens is 3. The predicted octanol–water partition coefficient (Wildman–Crippen LogP) is 1.43. The molecular weight excluding hydrogens is 254 g/mol. The minimum absolute atomic E-state index is 0.201. The van der Waals surface area contributed by atoms with Crippen molar-refractivity contribution in [1.82, 2.24) is 20.5 Å². The van der Waals surface area contributed by atoms with Crippen LogP contribution in [0.25, 0.3) is 0 Å². The first-order valence-corrected chi connectivity index (χ1v) is 5.68. The summed E-state index contributed by atoms with van der Waals surface area (Å²) in [4.78, 5) is 16.0. The van der Waals surface area contributed by atoms with Crippen LogP contribution in [-0.4, -0.2) is 28.1 Å². The standard InChI is InChI=1S/C11H12ClN5O/c1-13-9-3-2-8(12)10(17-9)11(18)14-4-7-5-15-16-6-7/h2-3,5-6H,4H2,1H3,(H,13,17)(H,14,18)(H,15,16). The molecule has 0 radical (unpaired) electrons. The number of carbonyl (C=O) groups excluding carboxylic acids is 1. The van der Waals surface area contributed by atoms with E-state index < -0.39 is 0 Å². The maximum absolute atomic E-state index is 11.9. The van der Waals surface area contributed by atoms with Crippen LogP contribution in [0.1, 0.15) is 16.1 Å². The second-order valence-corrected chi connectivity index (χ2v) is 3.97. The lowest BCUT2D eigenvalue weighted by Gasteiger charge is -2.06. The summed E-state index contributed by atoms with van der Waals surface area (Å²) in [7, 11) is 1.73. The Kier molecular flexibility index (Phi) is 3.78. The maximum atomic E-state index is 11.9. The third-order valence-corrected chi connectivity index (χ3v) is 2.63. The average Bonchev–Trinajstić information content (AvgIpc) is 2.89. The number of H-pyrrole nitrogens is 1. The second kappa shape index (κ2) is 5.50. The molecule has 2 rings (SSSR count). The van der Waals surface area contributed by atoms with Crippen LogP contribution in [0.15, 0.2) is 24.5 Å². The van der Waals surface area contributed by atoms with Crippen LogP contribution in [0.4, 0.5) is 5.82 Å². The lowest BCUT2D eigenvalue weighted by Crippen LogP contribution is -2.24. The Morgan fingerprint density at radius 3 is 3.00 bits per heavy atom. The van der Waals surface area contributed by atoms with Crippen LogP contribution < -0.4 is 10.6 Å². The second-order valence-electron chi connectivity index (χ2n) is 3.57. The Bertz CT molecular complexity index is 540. The van der Waals surface area contributed by atoms with Crippen molar-refractivity contribution in [2.45, 2.75) is 6.54 Å². The summed E-state index contributed by atoms with van der Waals surface area (Å²) in [6.07, 6.45) is 3.35. The van der Waals surface area contributed by atoms with Crippen molar-refractivity contribution >= 4 is 23.3 Å². The highest BCUT2D eigenvalue weighted by molar-refractivity contribution is 6.33. The molecule has 94 valence electrons. The molecule has 6 nitrogen and oxygen atoms in total. The normalized spacial score (nSPS) is 10.1. The molecule has 2 aromatic heterocycles. The van der Waals surface area contributed by atoms with Gasteiger partial charge in [0.1, 0.15) is 11.5 Å². The first-order valence-electron chi connectivity index (χ1n) is 5.31. The van der Waals surface area contributed by atoms with Crippen molar-refractivity contribution in [2.75, 3.05) is 12.4 Å². The van der Waals surface area contributed by atoms with Crippen molar-refractivity contribution in [2.24, 2.45) is 0 Å². The molecular formula is C11H12ClN5O. The molecule has 0 unspecified atom stereocenters. The largest absolute Gasteiger partial charge is 0.373 e. The summed E-state index contributed by atoms with van der Waals surface area (Å²) in [5, 5.41) is 12.4. The number of amides is 1. The monoisotopic (exact) mass is 265 g/mol. The molecule has 0 spiro atoms. The van der Waals surface area contributed by atoms with Gasteiger partial charge in [0.2, 0.25) is 0 Å². The van der Waals surface area contributed by atoms with E-state index in [4.69, 9.17) is 11.6 Å². The Hall–Kier alpha value is -2.08. The summed E-state index contributed by atoms with van der Waals surface area (Å²) in [5.41, 5.74) is 1.08. The molecule has 0 saturated heterocycles. The first kappa shape index (κ1) is 12.4. The molecule has 0 aromatic carbocycles. The van der Waals surface area contributed by atoms with Gasteiger partial charge in [0.15, 0.2) is 0 Å². The summed E-state index contributed by atoms with van der Waals surface area (Å²) in [6.45, 7) is 0.372. The predicted molar refractivity (Wildman–Crippen MR) is 68.6 cm³/mol. The van der Waals surface area contributed by atoms with E-state index in [9.17, 15) is 4.79 Å². The summed E-state index contributed by atoms with van der Waals surface area (Å²) in [6, 6.07) is 3.34. The molecule has 1 amide bonds. The van der Waals surface area contributed by atoms with Crippen LogP contribution in [0.2, 0.25) is 5.02 Å². The van der Waals surface area contributed by atoms with E-state index in [-0.39, 0.29) is 11.6 Å². The summed E-state index contributed by atoms with van der Waals surface area (Å²) in [5.74, 6) is 0.270. The quantitative estimate of drug-likeness (QED) is 0.781. The molecule has 0 aliphatic heterocycles. The molecule has 2 heterocycles. The summed E-state index contributed by atoms with van der Waals surface area (Å²) >= 11 is 5.94. The van der Waals surface area contributed by atoms with Crippen molar-refractivity contribution in [3.63, 3.8) is 0 Å². The van der Waals surface area contributed by atoms with Crippen molar-refractivity contribution in [3.05, 3.63) is 40.8 Å². The van der Waals surface area contributed by atoms with E-state index in [0.717, 1.165) is 5.56 Å². The number of nitrogens with zero attached hydrogens (tertiary/aromatic N) is 2. The fourth-order valence-corrected chi connectivity index (χ4v) is 1.57. The molecule has 0 fully saturated rings. The van der Waals surface area contributed by atoms with Gasteiger partial charge in [-0.05, 0) is 12.1 Å². The van der Waals surface area contributed by atoms with E-state index in [0.29, 0.717) is 17.4 Å². The molecule has 18 heavy (non-hydrogen) atoms. The van der Waals surface area contributed by atoms with Gasteiger partial charge in [0, 0.05) is 25.4 Å². The lowest BCUT2D eigenvalue weighted by molar-refractivity contribution is 0.0946. The fourth-order valence-electron chi connectivity index (χ4n) is 1.38. The minimum atomic E-state index is -0.321. The van der Waals surface area contributed by atoms with Gasteiger partial charge in [-0.1, -0.05) is 11.6 Å². The highest BCUT2D eigenvalue weighted by Gasteiger charge is 2.12. The Labute approximate surface area is 109 Å². The highest BCUT2D eigenvalue weighted by atomic mass is 35.5. The highest BCUT2D eigenvalue weighted by Crippen LogP contribution is 2.16. The number of carbonyl (C=O) groups is 1. The molecule has 0 bridgehead atoms. The van der Waals surface area contributed by atoms with Gasteiger partial charge >= 0.3 is 0 Å². The smallest absolute Gasteiger partial charge is 0.271 e. The number of nitrogens with one attached hydrogen (secondary N) is 3. The van der Waals surface area contributed by atoms with E-state index >= 15 is 0 Å². The zero-order chi connectivity index (χ0) is 13.0. The van der Waals surface area contributed by atoms with Gasteiger partial charge in [-0.2, -0.15) is 5.10 Å². The molecule has 0 aliphatic carbocycles. The van der Waals surface area contributed by atoms with Crippen molar-refractivity contribution in [1.29, 1.82) is 0 Å². The average molecular weight is 266 g/mol. The topological polar surface area (TPSA) is 82.7 Å². The third kappa shape index (κ3) is 2.78. The van der Waals surface area contributed by atoms with Crippen LogP contribution in [0, 0.1) is 0 Å². The van der Waals surface area contributed by atoms with Gasteiger partial charge in [-0.25, -0.2) is 4.98 Å². The van der Waals surface area contributed by atoms with E-state index in [2.05, 4.69) is 25.8 Å². The van der Waals surface area contributed by atoms with Crippen LogP contribution in [0.3, 0.4) is 0 Å². The molecule has 0 aliphatic rings. The van der Waals surface area contributed by atoms with Gasteiger partial charge < -0.3 is 10.6 Å². The van der Waals surface area contributed by atoms with Crippen LogP contribution >= 0.6 is 11.6 Å². The number of hydrogen-bond donors (Lipinski definition) is 3. The first-order chi connectivity index (χ1) is 8.70. The zero-order valence-corrected chi connectivity index (χ0v) is 10.5. The number of halogens is 1. The SMILES string of the molecule is CNc1ccc(Cl)c(C(=O)NCc2cn[nH]c2)n1. The van der Waals surface area contributed by atoms with E-state index in [1.165, 1.54) is 0 Å². The molecule has 3 N–H and O–H groups in total. The number of anilines is 1. The lowest BCUT2D eigenvalue weighted by atomic mass is 10.3.